The van der Waals surface area contributed by atoms with Crippen LogP contribution < -0.4 is 4.74 Å². The minimum Gasteiger partial charge on any atom is -0.480 e. The van der Waals surface area contributed by atoms with Crippen molar-refractivity contribution in [1.82, 2.24) is 10.2 Å². The molecule has 16 heavy (non-hydrogen) atoms. The minimum atomic E-state index is -5.76. The van der Waals surface area contributed by atoms with Gasteiger partial charge in [-0.15, -0.1) is 10.2 Å². The number of methoxy groups -OCH3 is 1. The van der Waals surface area contributed by atoms with Crippen molar-refractivity contribution >= 4 is 11.6 Å². The highest BCUT2D eigenvalue weighted by Crippen LogP contribution is 2.46. The standard InChI is InChI=1S/C7H4ClF5N2O/c1-16-4-2-3(5(8)15-14-4)6(9,10)7(11,12)13/h2H,1H3. The Bertz CT molecular complexity index is 395. The molecule has 0 N–H and O–H groups in total. The molecule has 0 aromatic carbocycles. The maximum absolute atomic E-state index is 12.9. The van der Waals surface area contributed by atoms with Crippen LogP contribution in [0.5, 0.6) is 5.88 Å². The molecule has 0 saturated carbocycles. The second kappa shape index (κ2) is 4.00. The van der Waals surface area contributed by atoms with Gasteiger partial charge in [0.25, 0.3) is 0 Å². The molecule has 0 bridgehead atoms. The number of halogens is 6. The zero-order valence-electron chi connectivity index (χ0n) is 7.65. The van der Waals surface area contributed by atoms with Crippen LogP contribution in [0, 0.1) is 0 Å². The first-order valence-electron chi connectivity index (χ1n) is 3.72. The number of hydrogen-bond donors (Lipinski definition) is 0. The number of ether oxygens (including phenoxy) is 1. The van der Waals surface area contributed by atoms with Gasteiger partial charge in [-0.2, -0.15) is 22.0 Å². The van der Waals surface area contributed by atoms with Gasteiger partial charge in [-0.3, -0.25) is 0 Å². The summed E-state index contributed by atoms with van der Waals surface area (Å²) in [6, 6.07) is 0.392. The van der Waals surface area contributed by atoms with E-state index in [2.05, 4.69) is 14.9 Å². The lowest BCUT2D eigenvalue weighted by atomic mass is 10.1. The molecule has 0 radical (unpaired) electrons. The van der Waals surface area contributed by atoms with Gasteiger partial charge in [-0.25, -0.2) is 0 Å². The Labute approximate surface area is 91.2 Å². The quantitative estimate of drug-likeness (QED) is 0.769. The summed E-state index contributed by atoms with van der Waals surface area (Å²) in [6.07, 6.45) is -5.76. The fraction of sp³-hybridized carbons (Fsp3) is 0.429. The van der Waals surface area contributed by atoms with Crippen LogP contribution in [0.1, 0.15) is 5.56 Å². The fourth-order valence-corrected chi connectivity index (χ4v) is 1.04. The Balaban J connectivity index is 3.31. The Morgan fingerprint density at radius 1 is 1.19 bits per heavy atom. The molecular formula is C7H4ClF5N2O. The van der Waals surface area contributed by atoms with Crippen LogP contribution in [0.25, 0.3) is 0 Å². The summed E-state index contributed by atoms with van der Waals surface area (Å²) in [6.45, 7) is 0. The molecule has 1 rings (SSSR count). The lowest BCUT2D eigenvalue weighted by Crippen LogP contribution is -2.34. The van der Waals surface area contributed by atoms with Crippen molar-refractivity contribution in [3.63, 3.8) is 0 Å². The molecule has 9 heteroatoms. The van der Waals surface area contributed by atoms with Gasteiger partial charge in [0.1, 0.15) is 0 Å². The average molecular weight is 263 g/mol. The summed E-state index contributed by atoms with van der Waals surface area (Å²) in [5, 5.41) is 5.06. The first kappa shape index (κ1) is 12.9. The normalized spacial score (nSPS) is 12.7. The Morgan fingerprint density at radius 3 is 2.19 bits per heavy atom. The minimum absolute atomic E-state index is 0.392. The van der Waals surface area contributed by atoms with E-state index in [9.17, 15) is 22.0 Å². The molecule has 0 saturated heterocycles. The second-order valence-corrected chi connectivity index (χ2v) is 3.02. The van der Waals surface area contributed by atoms with E-state index in [0.717, 1.165) is 7.11 Å². The van der Waals surface area contributed by atoms with Gasteiger partial charge in [0.2, 0.25) is 5.88 Å². The van der Waals surface area contributed by atoms with Gasteiger partial charge < -0.3 is 4.74 Å². The summed E-state index contributed by atoms with van der Waals surface area (Å²) in [4.78, 5) is 0. The van der Waals surface area contributed by atoms with E-state index >= 15 is 0 Å². The van der Waals surface area contributed by atoms with Gasteiger partial charge in [-0.1, -0.05) is 11.6 Å². The lowest BCUT2D eigenvalue weighted by Gasteiger charge is -2.20. The van der Waals surface area contributed by atoms with Crippen molar-refractivity contribution in [3.8, 4) is 5.88 Å². The molecule has 1 heterocycles. The molecular weight excluding hydrogens is 259 g/mol. The van der Waals surface area contributed by atoms with Crippen LogP contribution in [0.2, 0.25) is 5.15 Å². The zero-order valence-corrected chi connectivity index (χ0v) is 8.40. The SMILES string of the molecule is COc1cc(C(F)(F)C(F)(F)F)c(Cl)nn1. The highest BCUT2D eigenvalue weighted by atomic mass is 35.5. The maximum Gasteiger partial charge on any atom is 0.458 e. The van der Waals surface area contributed by atoms with Crippen LogP contribution >= 0.6 is 11.6 Å². The number of alkyl halides is 5. The summed E-state index contributed by atoms with van der Waals surface area (Å²) < 4.78 is 66.3. The fourth-order valence-electron chi connectivity index (χ4n) is 0.832. The van der Waals surface area contributed by atoms with Gasteiger partial charge in [0.05, 0.1) is 12.7 Å². The van der Waals surface area contributed by atoms with Gasteiger partial charge in [0, 0.05) is 6.07 Å². The molecule has 90 valence electrons. The first-order chi connectivity index (χ1) is 7.20. The number of aromatic nitrogens is 2. The van der Waals surface area contributed by atoms with Gasteiger partial charge in [-0.05, 0) is 0 Å². The third kappa shape index (κ3) is 2.16. The Hall–Kier alpha value is -1.18. The molecule has 0 atom stereocenters. The van der Waals surface area contributed by atoms with E-state index in [1.807, 2.05) is 0 Å². The maximum atomic E-state index is 12.9. The Kier molecular flexibility index (Phi) is 3.22. The lowest BCUT2D eigenvalue weighted by molar-refractivity contribution is -0.289. The van der Waals surface area contributed by atoms with Crippen molar-refractivity contribution < 1.29 is 26.7 Å². The summed E-state index contributed by atoms with van der Waals surface area (Å²) in [7, 11) is 1.05. The number of nitrogens with zero attached hydrogens (tertiary/aromatic N) is 2. The van der Waals surface area contributed by atoms with E-state index in [1.165, 1.54) is 0 Å². The molecule has 0 fully saturated rings. The largest absolute Gasteiger partial charge is 0.480 e. The van der Waals surface area contributed by atoms with Crippen LogP contribution in [0.3, 0.4) is 0 Å². The topological polar surface area (TPSA) is 35.0 Å². The van der Waals surface area contributed by atoms with Gasteiger partial charge >= 0.3 is 12.1 Å². The third-order valence-corrected chi connectivity index (χ3v) is 1.91. The summed E-state index contributed by atoms with van der Waals surface area (Å²) in [5.74, 6) is -5.59. The molecule has 0 aliphatic heterocycles. The second-order valence-electron chi connectivity index (χ2n) is 2.66. The Morgan fingerprint density at radius 2 is 1.75 bits per heavy atom. The van der Waals surface area contributed by atoms with Crippen LogP contribution in [-0.2, 0) is 5.92 Å². The summed E-state index contributed by atoms with van der Waals surface area (Å²) >= 11 is 5.13. The first-order valence-corrected chi connectivity index (χ1v) is 4.10. The summed E-state index contributed by atoms with van der Waals surface area (Å²) in [5.41, 5.74) is -1.49. The molecule has 0 amide bonds. The highest BCUT2D eigenvalue weighted by Gasteiger charge is 2.60. The number of rotatable bonds is 2. The monoisotopic (exact) mass is 262 g/mol. The van der Waals surface area contributed by atoms with Crippen molar-refractivity contribution in [2.75, 3.05) is 7.11 Å². The van der Waals surface area contributed by atoms with E-state index in [1.54, 1.807) is 0 Å². The van der Waals surface area contributed by atoms with Crippen LogP contribution in [0.4, 0.5) is 22.0 Å². The van der Waals surface area contributed by atoms with Crippen LogP contribution in [-0.4, -0.2) is 23.5 Å². The predicted molar refractivity (Wildman–Crippen MR) is 43.5 cm³/mol. The molecule has 0 unspecified atom stereocenters. The van der Waals surface area contributed by atoms with E-state index in [-0.39, 0.29) is 0 Å². The molecule has 0 spiro atoms. The number of hydrogen-bond acceptors (Lipinski definition) is 3. The van der Waals surface area contributed by atoms with E-state index < -0.39 is 28.7 Å². The predicted octanol–water partition coefficient (Wildman–Crippen LogP) is 2.79. The molecule has 1 aromatic heterocycles. The highest BCUT2D eigenvalue weighted by molar-refractivity contribution is 6.30. The smallest absolute Gasteiger partial charge is 0.458 e. The third-order valence-electron chi connectivity index (χ3n) is 1.63. The van der Waals surface area contributed by atoms with Crippen molar-refractivity contribution in [2.24, 2.45) is 0 Å². The average Bonchev–Trinajstić information content (AvgIpc) is 2.16. The van der Waals surface area contributed by atoms with Crippen molar-refractivity contribution in [2.45, 2.75) is 12.1 Å². The zero-order chi connectivity index (χ0) is 12.6. The molecule has 0 aliphatic carbocycles. The molecule has 1 aromatic rings. The molecule has 3 nitrogen and oxygen atoms in total. The van der Waals surface area contributed by atoms with E-state index in [4.69, 9.17) is 11.6 Å². The van der Waals surface area contributed by atoms with Crippen molar-refractivity contribution in [1.29, 1.82) is 0 Å². The molecule has 0 aliphatic rings. The van der Waals surface area contributed by atoms with Gasteiger partial charge in [0.15, 0.2) is 5.15 Å². The van der Waals surface area contributed by atoms with Crippen molar-refractivity contribution in [3.05, 3.63) is 16.8 Å². The van der Waals surface area contributed by atoms with Crippen LogP contribution in [0.15, 0.2) is 6.07 Å². The van der Waals surface area contributed by atoms with E-state index in [0.29, 0.717) is 6.07 Å².